The lowest BCUT2D eigenvalue weighted by atomic mass is 10.0. The minimum atomic E-state index is -1.44. The zero-order valence-electron chi connectivity index (χ0n) is 9.30. The zero-order chi connectivity index (χ0) is 13.2. The monoisotopic (exact) mass is 237 g/mol. The number of ketones is 1. The van der Waals surface area contributed by atoms with Gasteiger partial charge in [0.2, 0.25) is 0 Å². The highest BCUT2D eigenvalue weighted by molar-refractivity contribution is 6.04. The van der Waals surface area contributed by atoms with Gasteiger partial charge in [0.15, 0.2) is 11.5 Å². The number of aromatic nitrogens is 1. The molecule has 1 heterocycles. The molecule has 6 heteroatoms. The van der Waals surface area contributed by atoms with Crippen LogP contribution in [0.4, 0.5) is 0 Å². The third-order valence-corrected chi connectivity index (χ3v) is 2.13. The SMILES string of the molecule is CC(C)C(=O)c1cnc(C(=O)O)c(C(=O)O)c1. The predicted octanol–water partition coefficient (Wildman–Crippen LogP) is 1.32. The minimum absolute atomic E-state index is 0.0994. The fourth-order valence-corrected chi connectivity index (χ4v) is 1.27. The van der Waals surface area contributed by atoms with Crippen molar-refractivity contribution in [3.63, 3.8) is 0 Å². The van der Waals surface area contributed by atoms with E-state index < -0.39 is 23.2 Å². The van der Waals surface area contributed by atoms with E-state index in [1.807, 2.05) is 0 Å². The number of pyridine rings is 1. The molecule has 0 radical (unpaired) electrons. The van der Waals surface area contributed by atoms with Gasteiger partial charge in [0.05, 0.1) is 5.56 Å². The van der Waals surface area contributed by atoms with Crippen LogP contribution in [0.25, 0.3) is 0 Å². The third kappa shape index (κ3) is 2.66. The Labute approximate surface area is 96.9 Å². The molecule has 17 heavy (non-hydrogen) atoms. The molecular weight excluding hydrogens is 226 g/mol. The van der Waals surface area contributed by atoms with Crippen molar-refractivity contribution in [3.8, 4) is 0 Å². The maximum Gasteiger partial charge on any atom is 0.355 e. The third-order valence-electron chi connectivity index (χ3n) is 2.13. The van der Waals surface area contributed by atoms with Gasteiger partial charge >= 0.3 is 11.9 Å². The minimum Gasteiger partial charge on any atom is -0.478 e. The molecular formula is C11H11NO5. The van der Waals surface area contributed by atoms with Crippen molar-refractivity contribution >= 4 is 17.7 Å². The van der Waals surface area contributed by atoms with Crippen molar-refractivity contribution in [3.05, 3.63) is 29.1 Å². The average Bonchev–Trinajstić information content (AvgIpc) is 2.26. The van der Waals surface area contributed by atoms with Crippen molar-refractivity contribution < 1.29 is 24.6 Å². The number of carbonyl (C=O) groups is 3. The summed E-state index contributed by atoms with van der Waals surface area (Å²) < 4.78 is 0. The maximum atomic E-state index is 11.6. The van der Waals surface area contributed by atoms with Crippen LogP contribution in [0, 0.1) is 5.92 Å². The first-order chi connectivity index (χ1) is 7.84. The molecule has 0 bridgehead atoms. The van der Waals surface area contributed by atoms with E-state index in [0.29, 0.717) is 0 Å². The van der Waals surface area contributed by atoms with E-state index in [9.17, 15) is 14.4 Å². The summed E-state index contributed by atoms with van der Waals surface area (Å²) in [7, 11) is 0. The smallest absolute Gasteiger partial charge is 0.355 e. The van der Waals surface area contributed by atoms with Crippen LogP contribution in [0.5, 0.6) is 0 Å². The lowest BCUT2D eigenvalue weighted by molar-refractivity contribution is 0.0646. The molecule has 0 fully saturated rings. The fourth-order valence-electron chi connectivity index (χ4n) is 1.27. The summed E-state index contributed by atoms with van der Waals surface area (Å²) in [4.78, 5) is 36.7. The van der Waals surface area contributed by atoms with Crippen LogP contribution in [0.2, 0.25) is 0 Å². The molecule has 0 aromatic carbocycles. The number of hydrogen-bond acceptors (Lipinski definition) is 4. The van der Waals surface area contributed by atoms with Crippen molar-refractivity contribution in [1.29, 1.82) is 0 Å². The van der Waals surface area contributed by atoms with Crippen molar-refractivity contribution in [2.45, 2.75) is 13.8 Å². The van der Waals surface area contributed by atoms with Gasteiger partial charge in [0, 0.05) is 17.7 Å². The number of aromatic carboxylic acids is 2. The molecule has 0 aliphatic carbocycles. The highest BCUT2D eigenvalue weighted by atomic mass is 16.4. The molecule has 90 valence electrons. The Bertz CT molecular complexity index is 493. The van der Waals surface area contributed by atoms with Gasteiger partial charge in [-0.15, -0.1) is 0 Å². The van der Waals surface area contributed by atoms with E-state index in [1.165, 1.54) is 0 Å². The summed E-state index contributed by atoms with van der Waals surface area (Å²) in [6.07, 6.45) is 1.08. The molecule has 0 amide bonds. The van der Waals surface area contributed by atoms with Crippen molar-refractivity contribution in [2.75, 3.05) is 0 Å². The van der Waals surface area contributed by atoms with Gasteiger partial charge in [-0.25, -0.2) is 14.6 Å². The standard InChI is InChI=1S/C11H11NO5/c1-5(2)9(13)6-3-7(10(14)15)8(11(16)17)12-4-6/h3-5H,1-2H3,(H,14,15)(H,16,17). The molecule has 1 aromatic heterocycles. The van der Waals surface area contributed by atoms with Gasteiger partial charge in [-0.1, -0.05) is 13.8 Å². The molecule has 2 N–H and O–H groups in total. The molecule has 1 aromatic rings. The highest BCUT2D eigenvalue weighted by Crippen LogP contribution is 2.13. The second-order valence-electron chi connectivity index (χ2n) is 3.75. The average molecular weight is 237 g/mol. The van der Waals surface area contributed by atoms with Crippen LogP contribution in [-0.4, -0.2) is 32.9 Å². The summed E-state index contributed by atoms with van der Waals surface area (Å²) in [5.74, 6) is -3.45. The molecule has 0 spiro atoms. The van der Waals surface area contributed by atoms with Gasteiger partial charge in [0.1, 0.15) is 0 Å². The number of nitrogens with zero attached hydrogens (tertiary/aromatic N) is 1. The van der Waals surface area contributed by atoms with Gasteiger partial charge in [0.25, 0.3) is 0 Å². The van der Waals surface area contributed by atoms with Gasteiger partial charge < -0.3 is 10.2 Å². The van der Waals surface area contributed by atoms with E-state index in [1.54, 1.807) is 13.8 Å². The Morgan fingerprint density at radius 3 is 2.18 bits per heavy atom. The van der Waals surface area contributed by atoms with Crippen LogP contribution in [0.15, 0.2) is 12.3 Å². The topological polar surface area (TPSA) is 105 Å². The van der Waals surface area contributed by atoms with E-state index in [4.69, 9.17) is 10.2 Å². The normalized spacial score (nSPS) is 10.3. The fraction of sp³-hybridized carbons (Fsp3) is 0.273. The Balaban J connectivity index is 3.33. The van der Waals surface area contributed by atoms with Gasteiger partial charge in [-0.2, -0.15) is 0 Å². The first kappa shape index (κ1) is 12.8. The summed E-state index contributed by atoms with van der Waals surface area (Å²) in [6.45, 7) is 3.32. The summed E-state index contributed by atoms with van der Waals surface area (Å²) >= 11 is 0. The quantitative estimate of drug-likeness (QED) is 0.765. The predicted molar refractivity (Wildman–Crippen MR) is 57.3 cm³/mol. The molecule has 0 aliphatic heterocycles. The Morgan fingerprint density at radius 1 is 1.18 bits per heavy atom. The zero-order valence-corrected chi connectivity index (χ0v) is 9.30. The number of rotatable bonds is 4. The molecule has 0 unspecified atom stereocenters. The number of carbonyl (C=O) groups excluding carboxylic acids is 1. The van der Waals surface area contributed by atoms with Crippen LogP contribution in [-0.2, 0) is 0 Å². The highest BCUT2D eigenvalue weighted by Gasteiger charge is 2.21. The molecule has 0 saturated carbocycles. The molecule has 0 atom stereocenters. The van der Waals surface area contributed by atoms with E-state index in [0.717, 1.165) is 12.3 Å². The maximum absolute atomic E-state index is 11.6. The lowest BCUT2D eigenvalue weighted by Crippen LogP contribution is -2.15. The number of Topliss-reactive ketones (excluding diaryl/α,β-unsaturated/α-hetero) is 1. The first-order valence-electron chi connectivity index (χ1n) is 4.85. The first-order valence-corrected chi connectivity index (χ1v) is 4.85. The van der Waals surface area contributed by atoms with E-state index in [2.05, 4.69) is 4.98 Å². The molecule has 0 aliphatic rings. The largest absolute Gasteiger partial charge is 0.478 e. The Hall–Kier alpha value is -2.24. The number of hydrogen-bond donors (Lipinski definition) is 2. The van der Waals surface area contributed by atoms with Crippen LogP contribution < -0.4 is 0 Å². The molecule has 0 saturated heterocycles. The van der Waals surface area contributed by atoms with Crippen LogP contribution in [0.3, 0.4) is 0 Å². The van der Waals surface area contributed by atoms with Gasteiger partial charge in [-0.3, -0.25) is 4.79 Å². The molecule has 1 rings (SSSR count). The van der Waals surface area contributed by atoms with E-state index in [-0.39, 0.29) is 17.3 Å². The molecule has 6 nitrogen and oxygen atoms in total. The Kier molecular flexibility index (Phi) is 3.57. The summed E-state index contributed by atoms with van der Waals surface area (Å²) in [5.41, 5.74) is -0.954. The van der Waals surface area contributed by atoms with E-state index >= 15 is 0 Å². The van der Waals surface area contributed by atoms with Crippen molar-refractivity contribution in [1.82, 2.24) is 4.98 Å². The van der Waals surface area contributed by atoms with Gasteiger partial charge in [-0.05, 0) is 6.07 Å². The Morgan fingerprint density at radius 2 is 1.76 bits per heavy atom. The van der Waals surface area contributed by atoms with Crippen LogP contribution >= 0.6 is 0 Å². The number of carboxylic acids is 2. The van der Waals surface area contributed by atoms with Crippen molar-refractivity contribution in [2.24, 2.45) is 5.92 Å². The second-order valence-corrected chi connectivity index (χ2v) is 3.75. The van der Waals surface area contributed by atoms with Crippen LogP contribution in [0.1, 0.15) is 45.1 Å². The summed E-state index contributed by atoms with van der Waals surface area (Å²) in [5, 5.41) is 17.6. The summed E-state index contributed by atoms with van der Waals surface area (Å²) in [6, 6.07) is 1.04. The lowest BCUT2D eigenvalue weighted by Gasteiger charge is -2.06. The number of carboxylic acid groups (broad SMARTS) is 2. The second kappa shape index (κ2) is 4.73.